The Labute approximate surface area is 169 Å². The zero-order valence-corrected chi connectivity index (χ0v) is 17.2. The van der Waals surface area contributed by atoms with E-state index in [0.717, 1.165) is 0 Å². The number of sulfone groups is 1. The smallest absolute Gasteiger partial charge is 0.218 e. The van der Waals surface area contributed by atoms with Gasteiger partial charge in [-0.05, 0) is 64.8 Å². The first-order valence-electron chi connectivity index (χ1n) is 7.18. The molecule has 0 amide bonds. The number of hydrogen-bond acceptors (Lipinski definition) is 5. The number of phenolic OH excluding ortho intramolecular Hbond substituents is 1. The lowest BCUT2D eigenvalue weighted by molar-refractivity contribution is 0.317. The van der Waals surface area contributed by atoms with Crippen LogP contribution in [0.15, 0.2) is 44.6 Å². The number of benzene rings is 2. The number of rotatable bonds is 5. The van der Waals surface area contributed by atoms with Crippen LogP contribution >= 0.6 is 39.1 Å². The zero-order chi connectivity index (χ0) is 19.5. The maximum Gasteiger partial charge on any atom is 0.218 e. The average molecular weight is 477 g/mol. The van der Waals surface area contributed by atoms with E-state index in [1.54, 1.807) is 13.0 Å². The molecule has 5 nitrogen and oxygen atoms in total. The fraction of sp³-hybridized carbons (Fsp3) is 0.118. The minimum absolute atomic E-state index is 0.0440. The predicted octanol–water partition coefficient (Wildman–Crippen LogP) is 5.20. The summed E-state index contributed by atoms with van der Waals surface area (Å²) in [6.45, 7) is 2.04. The van der Waals surface area contributed by atoms with E-state index >= 15 is 0 Å². The molecule has 1 N–H and O–H groups in total. The van der Waals surface area contributed by atoms with Crippen LogP contribution in [-0.4, -0.2) is 20.1 Å². The maximum absolute atomic E-state index is 12.8. The van der Waals surface area contributed by atoms with E-state index < -0.39 is 14.7 Å². The Morgan fingerprint density at radius 1 is 1.35 bits per heavy atom. The summed E-state index contributed by atoms with van der Waals surface area (Å²) in [5, 5.41) is 19.4. The number of nitrogens with zero attached hydrogens (tertiary/aromatic N) is 1. The van der Waals surface area contributed by atoms with Gasteiger partial charge in [-0.2, -0.15) is 5.26 Å². The monoisotopic (exact) mass is 475 g/mol. The predicted molar refractivity (Wildman–Crippen MR) is 104 cm³/mol. The lowest BCUT2D eigenvalue weighted by atomic mass is 10.2. The topological polar surface area (TPSA) is 87.4 Å². The largest absolute Gasteiger partial charge is 0.503 e. The molecule has 26 heavy (non-hydrogen) atoms. The van der Waals surface area contributed by atoms with Crippen molar-refractivity contribution in [3.63, 3.8) is 0 Å². The second kappa shape index (κ2) is 8.31. The summed E-state index contributed by atoms with van der Waals surface area (Å²) in [6.07, 6.45) is 1.17. The summed E-state index contributed by atoms with van der Waals surface area (Å²) in [6, 6.07) is 8.54. The molecule has 0 unspecified atom stereocenters. The first kappa shape index (κ1) is 20.6. The first-order chi connectivity index (χ1) is 12.2. The molecule has 0 aromatic heterocycles. The fourth-order valence-electron chi connectivity index (χ4n) is 2.07. The highest BCUT2D eigenvalue weighted by Gasteiger charge is 2.24. The van der Waals surface area contributed by atoms with Gasteiger partial charge in [0, 0.05) is 5.02 Å². The van der Waals surface area contributed by atoms with Gasteiger partial charge in [-0.15, -0.1) is 0 Å². The number of nitriles is 1. The Bertz CT molecular complexity index is 1030. The molecule has 9 heteroatoms. The fourth-order valence-corrected chi connectivity index (χ4v) is 4.44. The van der Waals surface area contributed by atoms with Gasteiger partial charge in [-0.1, -0.05) is 23.2 Å². The summed E-state index contributed by atoms with van der Waals surface area (Å²) in [7, 11) is -4.19. The lowest BCUT2D eigenvalue weighted by Crippen LogP contribution is -2.04. The van der Waals surface area contributed by atoms with Crippen molar-refractivity contribution < 1.29 is 18.3 Å². The van der Waals surface area contributed by atoms with Crippen LogP contribution in [-0.2, 0) is 9.84 Å². The van der Waals surface area contributed by atoms with Gasteiger partial charge in [-0.25, -0.2) is 8.42 Å². The highest BCUT2D eigenvalue weighted by Crippen LogP contribution is 2.37. The van der Waals surface area contributed by atoms with Crippen molar-refractivity contribution in [2.75, 3.05) is 6.61 Å². The molecule has 0 aliphatic heterocycles. The van der Waals surface area contributed by atoms with Gasteiger partial charge in [0.25, 0.3) is 0 Å². The highest BCUT2D eigenvalue weighted by molar-refractivity contribution is 9.10. The number of halogens is 3. The molecule has 2 aromatic rings. The molecule has 0 spiro atoms. The van der Waals surface area contributed by atoms with Crippen molar-refractivity contribution >= 4 is 55.0 Å². The highest BCUT2D eigenvalue weighted by atomic mass is 79.9. The second-order valence-electron chi connectivity index (χ2n) is 4.98. The lowest BCUT2D eigenvalue weighted by Gasteiger charge is -2.10. The van der Waals surface area contributed by atoms with Crippen molar-refractivity contribution in [3.8, 4) is 17.6 Å². The number of phenols is 1. The Morgan fingerprint density at radius 3 is 2.65 bits per heavy atom. The van der Waals surface area contributed by atoms with E-state index in [2.05, 4.69) is 15.9 Å². The zero-order valence-electron chi connectivity index (χ0n) is 13.3. The molecule has 0 radical (unpaired) electrons. The molecule has 0 aliphatic carbocycles. The van der Waals surface area contributed by atoms with Crippen LogP contribution in [0.25, 0.3) is 6.08 Å². The molecule has 0 aliphatic rings. The van der Waals surface area contributed by atoms with Crippen LogP contribution in [0.3, 0.4) is 0 Å². The first-order valence-corrected chi connectivity index (χ1v) is 10.2. The third kappa shape index (κ3) is 4.33. The summed E-state index contributed by atoms with van der Waals surface area (Å²) in [5.41, 5.74) is 0.344. The van der Waals surface area contributed by atoms with Gasteiger partial charge in [0.2, 0.25) is 9.84 Å². The quantitative estimate of drug-likeness (QED) is 0.599. The third-order valence-corrected chi connectivity index (χ3v) is 6.22. The van der Waals surface area contributed by atoms with Crippen molar-refractivity contribution in [2.24, 2.45) is 0 Å². The molecule has 0 fully saturated rings. The van der Waals surface area contributed by atoms with Crippen molar-refractivity contribution in [1.29, 1.82) is 5.26 Å². The van der Waals surface area contributed by atoms with Crippen molar-refractivity contribution in [2.45, 2.75) is 11.8 Å². The normalized spacial score (nSPS) is 11.9. The van der Waals surface area contributed by atoms with E-state index in [9.17, 15) is 18.8 Å². The van der Waals surface area contributed by atoms with Crippen LogP contribution in [0.4, 0.5) is 0 Å². The molecule has 0 bridgehead atoms. The molecule has 136 valence electrons. The van der Waals surface area contributed by atoms with Crippen LogP contribution < -0.4 is 4.74 Å². The molecular weight excluding hydrogens is 465 g/mol. The van der Waals surface area contributed by atoms with E-state index in [-0.39, 0.29) is 26.4 Å². The Morgan fingerprint density at radius 2 is 2.04 bits per heavy atom. The number of hydrogen-bond donors (Lipinski definition) is 1. The molecular formula is C17H12BrCl2NO4S. The third-order valence-electron chi connectivity index (χ3n) is 3.23. The van der Waals surface area contributed by atoms with Gasteiger partial charge in [0.05, 0.1) is 21.0 Å². The molecule has 0 heterocycles. The standard InChI is InChI=1S/C17H12BrCl2NO4S/c1-2-25-15-7-10(6-13(18)17(15)22)5-12(9-21)26(23,24)16-8-11(19)3-4-14(16)20/h3-8,22H,2H2,1H3/b12-5-. The second-order valence-corrected chi connectivity index (χ2v) is 8.57. The van der Waals surface area contributed by atoms with Crippen molar-refractivity contribution in [1.82, 2.24) is 0 Å². The van der Waals surface area contributed by atoms with Gasteiger partial charge in [-0.3, -0.25) is 0 Å². The minimum atomic E-state index is -4.19. The molecule has 2 rings (SSSR count). The van der Waals surface area contributed by atoms with E-state index in [4.69, 9.17) is 27.9 Å². The summed E-state index contributed by atoms with van der Waals surface area (Å²) < 4.78 is 31.1. The number of ether oxygens (including phenoxy) is 1. The summed E-state index contributed by atoms with van der Waals surface area (Å²) >= 11 is 15.0. The van der Waals surface area contributed by atoms with Gasteiger partial charge >= 0.3 is 0 Å². The van der Waals surface area contributed by atoms with Crippen LogP contribution in [0.2, 0.25) is 10.0 Å². The van der Waals surface area contributed by atoms with E-state index in [1.165, 1.54) is 36.4 Å². The Balaban J connectivity index is 2.61. The van der Waals surface area contributed by atoms with E-state index in [1.807, 2.05) is 0 Å². The van der Waals surface area contributed by atoms with Crippen LogP contribution in [0.1, 0.15) is 12.5 Å². The summed E-state index contributed by atoms with van der Waals surface area (Å²) in [4.78, 5) is -0.788. The minimum Gasteiger partial charge on any atom is -0.503 e. The van der Waals surface area contributed by atoms with Crippen LogP contribution in [0, 0.1) is 11.3 Å². The summed E-state index contributed by atoms with van der Waals surface area (Å²) in [5.74, 6) is 0.0341. The van der Waals surface area contributed by atoms with E-state index in [0.29, 0.717) is 16.6 Å². The van der Waals surface area contributed by atoms with Crippen LogP contribution in [0.5, 0.6) is 11.5 Å². The Hall–Kier alpha value is -1.72. The average Bonchev–Trinajstić information content (AvgIpc) is 2.59. The van der Waals surface area contributed by atoms with Gasteiger partial charge in [0.1, 0.15) is 11.0 Å². The number of allylic oxidation sites excluding steroid dienone is 1. The van der Waals surface area contributed by atoms with Gasteiger partial charge in [0.15, 0.2) is 11.5 Å². The Kier molecular flexibility index (Phi) is 6.58. The van der Waals surface area contributed by atoms with Gasteiger partial charge < -0.3 is 9.84 Å². The molecule has 0 saturated heterocycles. The molecule has 0 saturated carbocycles. The SMILES string of the molecule is CCOc1cc(/C=C(/C#N)S(=O)(=O)c2cc(Cl)ccc2Cl)cc(Br)c1O. The number of aromatic hydroxyl groups is 1. The van der Waals surface area contributed by atoms with Crippen molar-refractivity contribution in [3.05, 3.63) is 55.3 Å². The molecule has 2 aromatic carbocycles. The maximum atomic E-state index is 12.8. The molecule has 0 atom stereocenters.